The van der Waals surface area contributed by atoms with Crippen LogP contribution in [0.3, 0.4) is 0 Å². The van der Waals surface area contributed by atoms with Crippen molar-refractivity contribution in [2.24, 2.45) is 5.92 Å². The van der Waals surface area contributed by atoms with Crippen molar-refractivity contribution < 1.29 is 9.50 Å². The first-order chi connectivity index (χ1) is 8.45. The molecule has 0 aliphatic heterocycles. The van der Waals surface area contributed by atoms with Crippen LogP contribution in [0.4, 0.5) is 4.39 Å². The van der Waals surface area contributed by atoms with Gasteiger partial charge in [-0.05, 0) is 37.0 Å². The average molecular weight is 274 g/mol. The second-order valence-corrected chi connectivity index (χ2v) is 5.33. The normalized spacial score (nSPS) is 14.8. The van der Waals surface area contributed by atoms with Crippen LogP contribution in [-0.2, 0) is 0 Å². The zero-order valence-corrected chi connectivity index (χ0v) is 11.8. The molecule has 2 unspecified atom stereocenters. The van der Waals surface area contributed by atoms with Crippen LogP contribution in [0.25, 0.3) is 0 Å². The summed E-state index contributed by atoms with van der Waals surface area (Å²) in [5, 5.41) is 12.6. The molecular weight excluding hydrogens is 253 g/mol. The Balaban J connectivity index is 2.73. The Hall–Kier alpha value is -0.640. The van der Waals surface area contributed by atoms with Crippen molar-refractivity contribution in [3.63, 3.8) is 0 Å². The summed E-state index contributed by atoms with van der Waals surface area (Å²) in [5.41, 5.74) is 0.949. The van der Waals surface area contributed by atoms with Crippen molar-refractivity contribution in [2.45, 2.75) is 39.3 Å². The number of hydrogen-bond acceptors (Lipinski definition) is 2. The molecule has 0 saturated carbocycles. The van der Waals surface area contributed by atoms with Crippen LogP contribution in [-0.4, -0.2) is 17.8 Å². The van der Waals surface area contributed by atoms with Gasteiger partial charge in [-0.1, -0.05) is 31.5 Å². The molecule has 0 aliphatic carbocycles. The molecule has 1 aromatic rings. The topological polar surface area (TPSA) is 32.3 Å². The highest BCUT2D eigenvalue weighted by Crippen LogP contribution is 2.22. The minimum absolute atomic E-state index is 0.0713. The fourth-order valence-electron chi connectivity index (χ4n) is 1.95. The molecule has 2 nitrogen and oxygen atoms in total. The number of aliphatic hydroxyl groups excluding tert-OH is 1. The van der Waals surface area contributed by atoms with Crippen molar-refractivity contribution in [1.82, 2.24) is 5.32 Å². The van der Waals surface area contributed by atoms with Gasteiger partial charge in [0.15, 0.2) is 0 Å². The smallest absolute Gasteiger partial charge is 0.141 e. The van der Waals surface area contributed by atoms with E-state index in [1.165, 1.54) is 6.07 Å². The largest absolute Gasteiger partial charge is 0.396 e. The molecule has 0 spiro atoms. The lowest BCUT2D eigenvalue weighted by molar-refractivity contribution is 0.237. The Morgan fingerprint density at radius 2 is 2.00 bits per heavy atom. The van der Waals surface area contributed by atoms with Crippen LogP contribution in [0.2, 0.25) is 5.02 Å². The van der Waals surface area contributed by atoms with Crippen molar-refractivity contribution in [1.29, 1.82) is 0 Å². The summed E-state index contributed by atoms with van der Waals surface area (Å²) in [5.74, 6) is 0.0268. The van der Waals surface area contributed by atoms with E-state index in [4.69, 9.17) is 16.7 Å². The lowest BCUT2D eigenvalue weighted by Crippen LogP contribution is -2.36. The second-order valence-electron chi connectivity index (χ2n) is 4.92. The molecule has 0 fully saturated rings. The third kappa shape index (κ3) is 4.23. The quantitative estimate of drug-likeness (QED) is 0.831. The first-order valence-corrected chi connectivity index (χ1v) is 6.65. The number of rotatable bonds is 6. The molecule has 0 bridgehead atoms. The highest BCUT2D eigenvalue weighted by molar-refractivity contribution is 6.30. The van der Waals surface area contributed by atoms with E-state index in [2.05, 4.69) is 19.2 Å². The van der Waals surface area contributed by atoms with Gasteiger partial charge in [-0.15, -0.1) is 0 Å². The van der Waals surface area contributed by atoms with E-state index < -0.39 is 5.82 Å². The predicted octanol–water partition coefficient (Wildman–Crippen LogP) is 3.54. The van der Waals surface area contributed by atoms with Crippen molar-refractivity contribution in [2.75, 3.05) is 6.61 Å². The lowest BCUT2D eigenvalue weighted by atomic mass is 9.98. The average Bonchev–Trinajstić information content (AvgIpc) is 2.31. The summed E-state index contributed by atoms with van der Waals surface area (Å²) >= 11 is 5.78. The molecule has 4 heteroatoms. The molecule has 102 valence electrons. The van der Waals surface area contributed by atoms with Gasteiger partial charge in [0.05, 0.1) is 5.02 Å². The van der Waals surface area contributed by atoms with Gasteiger partial charge in [0.2, 0.25) is 0 Å². The molecule has 0 saturated heterocycles. The maximum atomic E-state index is 13.1. The molecule has 1 rings (SSSR count). The van der Waals surface area contributed by atoms with Gasteiger partial charge in [-0.2, -0.15) is 0 Å². The Labute approximate surface area is 113 Å². The number of aliphatic hydroxyl groups is 1. The summed E-state index contributed by atoms with van der Waals surface area (Å²) < 4.78 is 13.1. The van der Waals surface area contributed by atoms with E-state index in [0.29, 0.717) is 12.3 Å². The van der Waals surface area contributed by atoms with Crippen LogP contribution in [0, 0.1) is 11.7 Å². The van der Waals surface area contributed by atoms with Crippen molar-refractivity contribution >= 4 is 11.6 Å². The number of hydrogen-bond donors (Lipinski definition) is 2. The molecule has 0 radical (unpaired) electrons. The van der Waals surface area contributed by atoms with E-state index in [-0.39, 0.29) is 23.7 Å². The summed E-state index contributed by atoms with van der Waals surface area (Å²) in [6.45, 7) is 6.39. The zero-order chi connectivity index (χ0) is 13.7. The summed E-state index contributed by atoms with van der Waals surface area (Å²) in [7, 11) is 0. The summed E-state index contributed by atoms with van der Waals surface area (Å²) in [6.07, 6.45) is 0.705. The minimum Gasteiger partial charge on any atom is -0.396 e. The number of halogens is 2. The first kappa shape index (κ1) is 15.4. The monoisotopic (exact) mass is 273 g/mol. The van der Waals surface area contributed by atoms with Gasteiger partial charge >= 0.3 is 0 Å². The highest BCUT2D eigenvalue weighted by atomic mass is 35.5. The second kappa shape index (κ2) is 7.07. The third-order valence-electron chi connectivity index (χ3n) is 3.15. The fourth-order valence-corrected chi connectivity index (χ4v) is 2.14. The standard InChI is InChI=1S/C14H21ClFNO/c1-9(2)14(6-7-18)17-10(3)11-4-5-13(16)12(15)8-11/h4-5,8-10,14,17-18H,6-7H2,1-3H3. The van der Waals surface area contributed by atoms with E-state index in [0.717, 1.165) is 5.56 Å². The van der Waals surface area contributed by atoms with Crippen molar-refractivity contribution in [3.8, 4) is 0 Å². The molecule has 18 heavy (non-hydrogen) atoms. The molecule has 2 N–H and O–H groups in total. The van der Waals surface area contributed by atoms with Gasteiger partial charge in [-0.25, -0.2) is 4.39 Å². The van der Waals surface area contributed by atoms with Crippen LogP contribution in [0.1, 0.15) is 38.8 Å². The van der Waals surface area contributed by atoms with E-state index >= 15 is 0 Å². The molecular formula is C14H21ClFNO. The van der Waals surface area contributed by atoms with Crippen LogP contribution in [0.15, 0.2) is 18.2 Å². The third-order valence-corrected chi connectivity index (χ3v) is 3.44. The van der Waals surface area contributed by atoms with E-state index in [9.17, 15) is 4.39 Å². The predicted molar refractivity (Wildman–Crippen MR) is 73.3 cm³/mol. The zero-order valence-electron chi connectivity index (χ0n) is 11.1. The van der Waals surface area contributed by atoms with E-state index in [1.54, 1.807) is 12.1 Å². The molecule has 0 amide bonds. The number of benzene rings is 1. The first-order valence-electron chi connectivity index (χ1n) is 6.27. The van der Waals surface area contributed by atoms with Gasteiger partial charge in [0.25, 0.3) is 0 Å². The Morgan fingerprint density at radius 1 is 1.33 bits per heavy atom. The Bertz CT molecular complexity index is 384. The van der Waals surface area contributed by atoms with Crippen molar-refractivity contribution in [3.05, 3.63) is 34.6 Å². The van der Waals surface area contributed by atoms with Gasteiger partial charge in [0, 0.05) is 18.7 Å². The highest BCUT2D eigenvalue weighted by Gasteiger charge is 2.16. The minimum atomic E-state index is -0.400. The molecule has 0 aliphatic rings. The lowest BCUT2D eigenvalue weighted by Gasteiger charge is -2.26. The maximum absolute atomic E-state index is 13.1. The SMILES string of the molecule is CC(NC(CCO)C(C)C)c1ccc(F)c(Cl)c1. The van der Waals surface area contributed by atoms with Gasteiger partial charge in [-0.3, -0.25) is 0 Å². The summed E-state index contributed by atoms with van der Waals surface area (Å²) in [6, 6.07) is 5.06. The van der Waals surface area contributed by atoms with E-state index in [1.807, 2.05) is 6.92 Å². The van der Waals surface area contributed by atoms with Crippen LogP contribution < -0.4 is 5.32 Å². The van der Waals surface area contributed by atoms with Crippen LogP contribution >= 0.6 is 11.6 Å². The Kier molecular flexibility index (Phi) is 6.06. The fraction of sp³-hybridized carbons (Fsp3) is 0.571. The Morgan fingerprint density at radius 3 is 2.50 bits per heavy atom. The maximum Gasteiger partial charge on any atom is 0.141 e. The number of nitrogens with one attached hydrogen (secondary N) is 1. The van der Waals surface area contributed by atoms with Gasteiger partial charge in [0.1, 0.15) is 5.82 Å². The summed E-state index contributed by atoms with van der Waals surface area (Å²) in [4.78, 5) is 0. The molecule has 2 atom stereocenters. The van der Waals surface area contributed by atoms with Crippen LogP contribution in [0.5, 0.6) is 0 Å². The molecule has 1 aromatic carbocycles. The molecule has 0 aromatic heterocycles. The molecule has 0 heterocycles. The van der Waals surface area contributed by atoms with Gasteiger partial charge < -0.3 is 10.4 Å².